The number of anilines is 1. The number of halogens is 1. The molecule has 4 N–H and O–H groups in total. The Morgan fingerprint density at radius 2 is 1.90 bits per heavy atom. The predicted octanol–water partition coefficient (Wildman–Crippen LogP) is 1.29. The smallest absolute Gasteiger partial charge is 0.243 e. The van der Waals surface area contributed by atoms with Crippen molar-refractivity contribution in [3.05, 3.63) is 30.3 Å². The Labute approximate surface area is 124 Å². The standard InChI is InChI=1S/C14H19N3O2.ClH/c15-11-7-6-10(8-11)14(19)16-9-13(18)17-12-4-2-1-3-5-12;/h1-5,10-11H,6-9,15H2,(H,16,19)(H,17,18);1H. The predicted molar refractivity (Wildman–Crippen MR) is 80.6 cm³/mol. The summed E-state index contributed by atoms with van der Waals surface area (Å²) < 4.78 is 0. The number of nitrogens with two attached hydrogens (primary N) is 1. The second kappa shape index (κ2) is 7.87. The number of hydrogen-bond donors (Lipinski definition) is 3. The zero-order valence-electron chi connectivity index (χ0n) is 11.2. The Hall–Kier alpha value is -1.59. The summed E-state index contributed by atoms with van der Waals surface area (Å²) in [7, 11) is 0. The average Bonchev–Trinajstić information content (AvgIpc) is 2.84. The van der Waals surface area contributed by atoms with E-state index in [0.29, 0.717) is 6.42 Å². The molecule has 0 aliphatic heterocycles. The van der Waals surface area contributed by atoms with Crippen LogP contribution in [0, 0.1) is 5.92 Å². The van der Waals surface area contributed by atoms with Gasteiger partial charge in [-0.3, -0.25) is 9.59 Å². The second-order valence-corrected chi connectivity index (χ2v) is 4.90. The van der Waals surface area contributed by atoms with Gasteiger partial charge in [0.05, 0.1) is 6.54 Å². The fraction of sp³-hybridized carbons (Fsp3) is 0.429. The SMILES string of the molecule is Cl.NC1CCC(C(=O)NCC(=O)Nc2ccccc2)C1. The molecule has 0 radical (unpaired) electrons. The maximum Gasteiger partial charge on any atom is 0.243 e. The van der Waals surface area contributed by atoms with E-state index in [4.69, 9.17) is 5.73 Å². The van der Waals surface area contributed by atoms with Crippen LogP contribution in [0.25, 0.3) is 0 Å². The summed E-state index contributed by atoms with van der Waals surface area (Å²) in [5, 5.41) is 5.38. The molecule has 1 fully saturated rings. The lowest BCUT2D eigenvalue weighted by molar-refractivity contribution is -0.127. The molecular formula is C14H20ClN3O2. The molecule has 2 atom stereocenters. The van der Waals surface area contributed by atoms with Gasteiger partial charge >= 0.3 is 0 Å². The number of amides is 2. The maximum absolute atomic E-state index is 11.8. The van der Waals surface area contributed by atoms with E-state index in [1.165, 1.54) is 0 Å². The van der Waals surface area contributed by atoms with Gasteiger partial charge < -0.3 is 16.4 Å². The van der Waals surface area contributed by atoms with Gasteiger partial charge in [0.25, 0.3) is 0 Å². The highest BCUT2D eigenvalue weighted by Gasteiger charge is 2.27. The van der Waals surface area contributed by atoms with E-state index in [1.807, 2.05) is 18.2 Å². The minimum atomic E-state index is -0.221. The highest BCUT2D eigenvalue weighted by Crippen LogP contribution is 2.23. The van der Waals surface area contributed by atoms with Gasteiger partial charge in [-0.1, -0.05) is 18.2 Å². The zero-order chi connectivity index (χ0) is 13.7. The van der Waals surface area contributed by atoms with Gasteiger partial charge in [0, 0.05) is 17.6 Å². The van der Waals surface area contributed by atoms with Crippen LogP contribution in [-0.2, 0) is 9.59 Å². The van der Waals surface area contributed by atoms with Gasteiger partial charge in [-0.2, -0.15) is 0 Å². The van der Waals surface area contributed by atoms with Crippen LogP contribution in [0.2, 0.25) is 0 Å². The van der Waals surface area contributed by atoms with Crippen LogP contribution in [0.5, 0.6) is 0 Å². The van der Waals surface area contributed by atoms with Crippen molar-refractivity contribution in [1.29, 1.82) is 0 Å². The van der Waals surface area contributed by atoms with Crippen LogP contribution >= 0.6 is 12.4 Å². The van der Waals surface area contributed by atoms with E-state index < -0.39 is 0 Å². The quantitative estimate of drug-likeness (QED) is 0.783. The largest absolute Gasteiger partial charge is 0.347 e. The van der Waals surface area contributed by atoms with Crippen LogP contribution in [0.4, 0.5) is 5.69 Å². The number of nitrogens with one attached hydrogen (secondary N) is 2. The number of para-hydroxylation sites is 1. The molecule has 1 saturated carbocycles. The van der Waals surface area contributed by atoms with Crippen LogP contribution in [0.15, 0.2) is 30.3 Å². The average molecular weight is 298 g/mol. The Bertz CT molecular complexity index is 453. The Kier molecular flexibility index (Phi) is 6.48. The molecule has 1 aliphatic rings. The molecule has 2 amide bonds. The lowest BCUT2D eigenvalue weighted by Gasteiger charge is -2.10. The number of hydrogen-bond acceptors (Lipinski definition) is 3. The van der Waals surface area contributed by atoms with Crippen molar-refractivity contribution < 1.29 is 9.59 Å². The molecule has 1 aliphatic carbocycles. The van der Waals surface area contributed by atoms with E-state index in [1.54, 1.807) is 12.1 Å². The first-order valence-electron chi connectivity index (χ1n) is 6.53. The summed E-state index contributed by atoms with van der Waals surface area (Å²) in [6.07, 6.45) is 2.41. The number of rotatable bonds is 4. The molecule has 1 aromatic rings. The fourth-order valence-corrected chi connectivity index (χ4v) is 2.29. The van der Waals surface area contributed by atoms with Crippen LogP contribution in [0.3, 0.4) is 0 Å². The number of benzene rings is 1. The fourth-order valence-electron chi connectivity index (χ4n) is 2.29. The Morgan fingerprint density at radius 3 is 2.50 bits per heavy atom. The number of carbonyl (C=O) groups excluding carboxylic acids is 2. The van der Waals surface area contributed by atoms with E-state index in [-0.39, 0.29) is 42.7 Å². The lowest BCUT2D eigenvalue weighted by atomic mass is 10.1. The van der Waals surface area contributed by atoms with Crippen molar-refractivity contribution in [1.82, 2.24) is 5.32 Å². The van der Waals surface area contributed by atoms with E-state index in [2.05, 4.69) is 10.6 Å². The van der Waals surface area contributed by atoms with Gasteiger partial charge in [-0.05, 0) is 31.4 Å². The highest BCUT2D eigenvalue weighted by atomic mass is 35.5. The molecule has 0 spiro atoms. The topological polar surface area (TPSA) is 84.2 Å². The lowest BCUT2D eigenvalue weighted by Crippen LogP contribution is -2.36. The summed E-state index contributed by atoms with van der Waals surface area (Å²) in [4.78, 5) is 23.4. The summed E-state index contributed by atoms with van der Waals surface area (Å²) in [5.74, 6) is -0.336. The highest BCUT2D eigenvalue weighted by molar-refractivity contribution is 5.94. The van der Waals surface area contributed by atoms with E-state index in [0.717, 1.165) is 18.5 Å². The molecule has 0 saturated heterocycles. The third kappa shape index (κ3) is 4.83. The van der Waals surface area contributed by atoms with Crippen molar-refractivity contribution in [3.63, 3.8) is 0 Å². The first kappa shape index (κ1) is 16.5. The first-order chi connectivity index (χ1) is 9.15. The monoisotopic (exact) mass is 297 g/mol. The van der Waals surface area contributed by atoms with Gasteiger partial charge in [0.1, 0.15) is 0 Å². The van der Waals surface area contributed by atoms with Crippen molar-refractivity contribution in [2.45, 2.75) is 25.3 Å². The summed E-state index contributed by atoms with van der Waals surface area (Å²) in [5.41, 5.74) is 6.49. The van der Waals surface area contributed by atoms with E-state index in [9.17, 15) is 9.59 Å². The second-order valence-electron chi connectivity index (χ2n) is 4.90. The molecule has 20 heavy (non-hydrogen) atoms. The number of carbonyl (C=O) groups is 2. The first-order valence-corrected chi connectivity index (χ1v) is 6.53. The summed E-state index contributed by atoms with van der Waals surface area (Å²) in [6.45, 7) is -0.000530. The van der Waals surface area contributed by atoms with Gasteiger partial charge in [-0.15, -0.1) is 12.4 Å². The summed E-state index contributed by atoms with van der Waals surface area (Å²) >= 11 is 0. The zero-order valence-corrected chi connectivity index (χ0v) is 12.0. The van der Waals surface area contributed by atoms with Gasteiger partial charge in [0.2, 0.25) is 11.8 Å². The molecule has 1 aromatic carbocycles. The normalized spacial score (nSPS) is 20.9. The minimum Gasteiger partial charge on any atom is -0.347 e. The minimum absolute atomic E-state index is 0. The maximum atomic E-state index is 11.8. The molecule has 2 unspecified atom stereocenters. The van der Waals surface area contributed by atoms with Gasteiger partial charge in [-0.25, -0.2) is 0 Å². The van der Waals surface area contributed by atoms with Crippen molar-refractivity contribution >= 4 is 29.9 Å². The van der Waals surface area contributed by atoms with Crippen molar-refractivity contribution in [2.75, 3.05) is 11.9 Å². The third-order valence-electron chi connectivity index (χ3n) is 3.32. The van der Waals surface area contributed by atoms with E-state index >= 15 is 0 Å². The summed E-state index contributed by atoms with van der Waals surface area (Å²) in [6, 6.07) is 9.28. The molecule has 6 heteroatoms. The van der Waals surface area contributed by atoms with Crippen LogP contribution in [-0.4, -0.2) is 24.4 Å². The Balaban J connectivity index is 0.00000200. The molecule has 110 valence electrons. The molecule has 2 rings (SSSR count). The third-order valence-corrected chi connectivity index (χ3v) is 3.32. The molecule has 0 bridgehead atoms. The van der Waals surface area contributed by atoms with Gasteiger partial charge in [0.15, 0.2) is 0 Å². The van der Waals surface area contributed by atoms with Crippen LogP contribution in [0.1, 0.15) is 19.3 Å². The molecule has 0 aromatic heterocycles. The Morgan fingerprint density at radius 1 is 1.20 bits per heavy atom. The molecular weight excluding hydrogens is 278 g/mol. The van der Waals surface area contributed by atoms with Crippen LogP contribution < -0.4 is 16.4 Å². The van der Waals surface area contributed by atoms with Crippen molar-refractivity contribution in [3.8, 4) is 0 Å². The molecule has 0 heterocycles. The molecule has 5 nitrogen and oxygen atoms in total. The van der Waals surface area contributed by atoms with Crippen molar-refractivity contribution in [2.24, 2.45) is 11.7 Å².